The van der Waals surface area contributed by atoms with Crippen LogP contribution in [0.5, 0.6) is 0 Å². The molecule has 2 rings (SSSR count). The van der Waals surface area contributed by atoms with E-state index in [1.54, 1.807) is 12.1 Å². The summed E-state index contributed by atoms with van der Waals surface area (Å²) in [6, 6.07) is 9.38. The van der Waals surface area contributed by atoms with Crippen molar-refractivity contribution in [3.8, 4) is 0 Å². The number of benzene rings is 2. The smallest absolute Gasteiger partial charge is 0.241 e. The number of hydrogen-bond acceptors (Lipinski definition) is 3. The Hall–Kier alpha value is -2.32. The minimum Gasteiger partial charge on any atom is -0.320 e. The quantitative estimate of drug-likeness (QED) is 0.823. The van der Waals surface area contributed by atoms with Gasteiger partial charge in [-0.05, 0) is 35.7 Å². The number of anilines is 1. The standard InChI is InChI=1S/C17H18F2N2O3S/c1-11(2)12-6-8-13(9-7-12)25(23,24)20-10-16(22)21-17-14(18)4-3-5-15(17)19/h3-9,11,20H,10H2,1-2H3,(H,21,22). The Morgan fingerprint density at radius 2 is 1.60 bits per heavy atom. The Labute approximate surface area is 145 Å². The van der Waals surface area contributed by atoms with Gasteiger partial charge in [-0.2, -0.15) is 0 Å². The van der Waals surface area contributed by atoms with Gasteiger partial charge in [-0.25, -0.2) is 21.9 Å². The summed E-state index contributed by atoms with van der Waals surface area (Å²) >= 11 is 0. The minimum absolute atomic E-state index is 0.00164. The maximum atomic E-state index is 13.5. The number of nitrogens with one attached hydrogen (secondary N) is 2. The molecule has 2 aromatic carbocycles. The highest BCUT2D eigenvalue weighted by Gasteiger charge is 2.17. The average Bonchev–Trinajstić information content (AvgIpc) is 2.56. The lowest BCUT2D eigenvalue weighted by molar-refractivity contribution is -0.115. The SMILES string of the molecule is CC(C)c1ccc(S(=O)(=O)NCC(=O)Nc2c(F)cccc2F)cc1. The third-order valence-corrected chi connectivity index (χ3v) is 4.92. The number of carbonyl (C=O) groups excluding carboxylic acids is 1. The molecule has 0 aliphatic rings. The zero-order valence-electron chi connectivity index (χ0n) is 13.7. The molecular weight excluding hydrogens is 350 g/mol. The second-order valence-electron chi connectivity index (χ2n) is 5.69. The van der Waals surface area contributed by atoms with Gasteiger partial charge in [0, 0.05) is 0 Å². The van der Waals surface area contributed by atoms with Crippen LogP contribution in [-0.4, -0.2) is 20.9 Å². The molecule has 2 aromatic rings. The van der Waals surface area contributed by atoms with Gasteiger partial charge in [0.2, 0.25) is 15.9 Å². The van der Waals surface area contributed by atoms with Gasteiger partial charge in [0.25, 0.3) is 0 Å². The lowest BCUT2D eigenvalue weighted by Gasteiger charge is -2.10. The van der Waals surface area contributed by atoms with Crippen molar-refractivity contribution in [2.75, 3.05) is 11.9 Å². The van der Waals surface area contributed by atoms with Crippen LogP contribution in [0.25, 0.3) is 0 Å². The Bertz CT molecular complexity index is 846. The van der Waals surface area contributed by atoms with E-state index < -0.39 is 39.8 Å². The summed E-state index contributed by atoms with van der Waals surface area (Å²) in [5.41, 5.74) is 0.361. The molecule has 0 saturated carbocycles. The Morgan fingerprint density at radius 1 is 1.04 bits per heavy atom. The van der Waals surface area contributed by atoms with E-state index in [1.165, 1.54) is 12.1 Å². The zero-order valence-corrected chi connectivity index (χ0v) is 14.5. The van der Waals surface area contributed by atoms with Crippen molar-refractivity contribution in [1.82, 2.24) is 4.72 Å². The highest BCUT2D eigenvalue weighted by atomic mass is 32.2. The summed E-state index contributed by atoms with van der Waals surface area (Å²) in [5, 5.41) is 2.01. The first kappa shape index (κ1) is 19.0. The fourth-order valence-electron chi connectivity index (χ4n) is 2.08. The Balaban J connectivity index is 2.03. The fraction of sp³-hybridized carbons (Fsp3) is 0.235. The molecule has 134 valence electrons. The highest BCUT2D eigenvalue weighted by Crippen LogP contribution is 2.18. The number of sulfonamides is 1. The Kier molecular flexibility index (Phi) is 5.86. The van der Waals surface area contributed by atoms with E-state index in [9.17, 15) is 22.0 Å². The molecule has 0 saturated heterocycles. The van der Waals surface area contributed by atoms with E-state index in [2.05, 4.69) is 4.72 Å². The molecule has 5 nitrogen and oxygen atoms in total. The molecule has 0 aliphatic carbocycles. The van der Waals surface area contributed by atoms with Gasteiger partial charge in [0.1, 0.15) is 17.3 Å². The van der Waals surface area contributed by atoms with Gasteiger partial charge < -0.3 is 5.32 Å². The summed E-state index contributed by atoms with van der Waals surface area (Å²) in [5.74, 6) is -2.52. The molecule has 0 aromatic heterocycles. The van der Waals surface area contributed by atoms with E-state index in [0.29, 0.717) is 0 Å². The monoisotopic (exact) mass is 368 g/mol. The second kappa shape index (κ2) is 7.71. The molecule has 1 amide bonds. The molecular formula is C17H18F2N2O3S. The second-order valence-corrected chi connectivity index (χ2v) is 7.46. The van der Waals surface area contributed by atoms with Gasteiger partial charge in [-0.15, -0.1) is 0 Å². The molecule has 0 heterocycles. The van der Waals surface area contributed by atoms with Crippen molar-refractivity contribution in [3.63, 3.8) is 0 Å². The average molecular weight is 368 g/mol. The highest BCUT2D eigenvalue weighted by molar-refractivity contribution is 7.89. The minimum atomic E-state index is -3.91. The maximum Gasteiger partial charge on any atom is 0.241 e. The van der Waals surface area contributed by atoms with Crippen LogP contribution < -0.4 is 10.0 Å². The van der Waals surface area contributed by atoms with Crippen LogP contribution in [-0.2, 0) is 14.8 Å². The zero-order chi connectivity index (χ0) is 18.6. The number of para-hydroxylation sites is 1. The largest absolute Gasteiger partial charge is 0.320 e. The van der Waals surface area contributed by atoms with Gasteiger partial charge >= 0.3 is 0 Å². The van der Waals surface area contributed by atoms with Crippen LogP contribution in [0.3, 0.4) is 0 Å². The molecule has 0 aliphatic heterocycles. The molecule has 0 unspecified atom stereocenters. The first-order valence-corrected chi connectivity index (χ1v) is 9.02. The van der Waals surface area contributed by atoms with Crippen molar-refractivity contribution in [2.45, 2.75) is 24.7 Å². The van der Waals surface area contributed by atoms with E-state index in [-0.39, 0.29) is 10.8 Å². The third-order valence-electron chi connectivity index (χ3n) is 3.51. The van der Waals surface area contributed by atoms with Crippen molar-refractivity contribution in [3.05, 3.63) is 59.7 Å². The van der Waals surface area contributed by atoms with Crippen LogP contribution in [0.2, 0.25) is 0 Å². The number of halogens is 2. The molecule has 25 heavy (non-hydrogen) atoms. The van der Waals surface area contributed by atoms with E-state index in [4.69, 9.17) is 0 Å². The summed E-state index contributed by atoms with van der Waals surface area (Å²) in [7, 11) is -3.91. The third kappa shape index (κ3) is 4.83. The van der Waals surface area contributed by atoms with Gasteiger partial charge in [0.05, 0.1) is 11.4 Å². The molecule has 2 N–H and O–H groups in total. The lowest BCUT2D eigenvalue weighted by atomic mass is 10.0. The number of hydrogen-bond donors (Lipinski definition) is 2. The Morgan fingerprint density at radius 3 is 2.12 bits per heavy atom. The number of carbonyl (C=O) groups is 1. The van der Waals surface area contributed by atoms with Crippen molar-refractivity contribution in [2.24, 2.45) is 0 Å². The van der Waals surface area contributed by atoms with Gasteiger partial charge in [-0.1, -0.05) is 32.0 Å². The predicted molar refractivity (Wildman–Crippen MR) is 90.7 cm³/mol. The van der Waals surface area contributed by atoms with E-state index in [0.717, 1.165) is 23.8 Å². The molecule has 0 fully saturated rings. The molecule has 0 bridgehead atoms. The summed E-state index contributed by atoms with van der Waals surface area (Å²) in [4.78, 5) is 11.8. The summed E-state index contributed by atoms with van der Waals surface area (Å²) in [6.07, 6.45) is 0. The normalized spacial score (nSPS) is 11.6. The van der Waals surface area contributed by atoms with Gasteiger partial charge in [0.15, 0.2) is 0 Å². The van der Waals surface area contributed by atoms with Crippen molar-refractivity contribution < 1.29 is 22.0 Å². The molecule has 0 radical (unpaired) electrons. The van der Waals surface area contributed by atoms with Crippen LogP contribution >= 0.6 is 0 Å². The summed E-state index contributed by atoms with van der Waals surface area (Å²) < 4.78 is 53.3. The lowest BCUT2D eigenvalue weighted by Crippen LogP contribution is -2.33. The topological polar surface area (TPSA) is 75.3 Å². The summed E-state index contributed by atoms with van der Waals surface area (Å²) in [6.45, 7) is 3.31. The van der Waals surface area contributed by atoms with E-state index in [1.807, 2.05) is 19.2 Å². The van der Waals surface area contributed by atoms with Gasteiger partial charge in [-0.3, -0.25) is 4.79 Å². The van der Waals surface area contributed by atoms with Crippen molar-refractivity contribution >= 4 is 21.6 Å². The van der Waals surface area contributed by atoms with Crippen LogP contribution in [0.1, 0.15) is 25.3 Å². The van der Waals surface area contributed by atoms with Crippen LogP contribution in [0.15, 0.2) is 47.4 Å². The maximum absolute atomic E-state index is 13.5. The predicted octanol–water partition coefficient (Wildman–Crippen LogP) is 3.01. The molecule has 0 atom stereocenters. The van der Waals surface area contributed by atoms with E-state index >= 15 is 0 Å². The molecule has 0 spiro atoms. The molecule has 8 heteroatoms. The fourth-order valence-corrected chi connectivity index (χ4v) is 3.06. The van der Waals surface area contributed by atoms with Crippen LogP contribution in [0.4, 0.5) is 14.5 Å². The first-order chi connectivity index (χ1) is 11.7. The number of amides is 1. The number of rotatable bonds is 6. The first-order valence-electron chi connectivity index (χ1n) is 7.54. The van der Waals surface area contributed by atoms with Crippen LogP contribution in [0, 0.1) is 11.6 Å². The van der Waals surface area contributed by atoms with Crippen molar-refractivity contribution in [1.29, 1.82) is 0 Å².